The number of rotatable bonds is 1. The molecule has 3 heteroatoms. The van der Waals surface area contributed by atoms with Crippen molar-refractivity contribution in [3.8, 4) is 0 Å². The topological polar surface area (TPSA) is 37.3 Å². The first-order chi connectivity index (χ1) is 7.40. The van der Waals surface area contributed by atoms with Crippen LogP contribution in [0.5, 0.6) is 0 Å². The van der Waals surface area contributed by atoms with Crippen molar-refractivity contribution in [1.29, 1.82) is 0 Å². The van der Waals surface area contributed by atoms with Gasteiger partial charge in [0, 0.05) is 11.6 Å². The van der Waals surface area contributed by atoms with Crippen LogP contribution in [-0.4, -0.2) is 10.5 Å². The normalized spacial score (nSPS) is 7.44. The van der Waals surface area contributed by atoms with Crippen LogP contribution in [0.3, 0.4) is 0 Å². The number of hydrogen-bond donors (Lipinski definition) is 1. The summed E-state index contributed by atoms with van der Waals surface area (Å²) in [6.45, 7) is 11.1. The first-order valence-electron chi connectivity index (χ1n) is 4.58. The van der Waals surface area contributed by atoms with Gasteiger partial charge in [0.1, 0.15) is 0 Å². The lowest BCUT2D eigenvalue weighted by Crippen LogP contribution is -1.66. The molecule has 0 radical (unpaired) electrons. The van der Waals surface area contributed by atoms with E-state index in [1.807, 2.05) is 50.3 Å². The fourth-order valence-electron chi connectivity index (χ4n) is 0.589. The Bertz CT molecular complexity index is 298. The third-order valence-electron chi connectivity index (χ3n) is 1.04. The predicted molar refractivity (Wildman–Crippen MR) is 70.9 cm³/mol. The van der Waals surface area contributed by atoms with Crippen LogP contribution in [0.25, 0.3) is 6.08 Å². The molecule has 0 fully saturated rings. The van der Waals surface area contributed by atoms with E-state index in [1.165, 1.54) is 11.1 Å². The van der Waals surface area contributed by atoms with Crippen LogP contribution in [0.1, 0.15) is 19.4 Å². The van der Waals surface area contributed by atoms with Crippen molar-refractivity contribution >= 4 is 23.1 Å². The van der Waals surface area contributed by atoms with Crippen molar-refractivity contribution in [2.45, 2.75) is 13.8 Å². The molecule has 0 amide bonds. The van der Waals surface area contributed by atoms with Gasteiger partial charge >= 0.3 is 5.43 Å². The molecule has 0 heterocycles. The summed E-state index contributed by atoms with van der Waals surface area (Å²) in [6, 6.07) is 10.0. The molecule has 16 heavy (non-hydrogen) atoms. The molecule has 0 aliphatic carbocycles. The Morgan fingerprint density at radius 2 is 1.62 bits per heavy atom. The Labute approximate surface area is 102 Å². The minimum absolute atomic E-state index is 1.17. The first kappa shape index (κ1) is 16.9. The average Bonchev–Trinajstić information content (AvgIpc) is 2.17. The molecular formula is C13H17ClO2. The number of carbonyl (C=O) groups is 1. The zero-order chi connectivity index (χ0) is 13.0. The summed E-state index contributed by atoms with van der Waals surface area (Å²) in [7, 11) is 0. The van der Waals surface area contributed by atoms with Gasteiger partial charge in [-0.05, 0) is 19.4 Å². The van der Waals surface area contributed by atoms with E-state index in [9.17, 15) is 0 Å². The highest BCUT2D eigenvalue weighted by atomic mass is 35.5. The van der Waals surface area contributed by atoms with E-state index in [4.69, 9.17) is 9.90 Å². The van der Waals surface area contributed by atoms with E-state index in [1.54, 1.807) is 0 Å². The molecular weight excluding hydrogens is 224 g/mol. The monoisotopic (exact) mass is 240 g/mol. The van der Waals surface area contributed by atoms with Gasteiger partial charge in [0.2, 0.25) is 0 Å². The van der Waals surface area contributed by atoms with Gasteiger partial charge in [-0.1, -0.05) is 48.6 Å². The predicted octanol–water partition coefficient (Wildman–Crippen LogP) is 4.82. The summed E-state index contributed by atoms with van der Waals surface area (Å²) in [4.78, 5) is 8.77. The summed E-state index contributed by atoms with van der Waals surface area (Å²) < 4.78 is 0. The number of benzene rings is 1. The minimum Gasteiger partial charge on any atom is -0.469 e. The van der Waals surface area contributed by atoms with Crippen molar-refractivity contribution in [3.05, 3.63) is 54.6 Å². The molecule has 0 aromatic heterocycles. The second-order valence-electron chi connectivity index (χ2n) is 3.07. The van der Waals surface area contributed by atoms with Crippen molar-refractivity contribution in [1.82, 2.24) is 0 Å². The van der Waals surface area contributed by atoms with Gasteiger partial charge in [-0.15, -0.1) is 6.58 Å². The lowest BCUT2D eigenvalue weighted by Gasteiger charge is -1.85. The molecule has 0 unspecified atom stereocenters. The molecule has 2 nitrogen and oxygen atoms in total. The van der Waals surface area contributed by atoms with Crippen molar-refractivity contribution in [3.63, 3.8) is 0 Å². The molecule has 0 bridgehead atoms. The number of halogens is 1. The summed E-state index contributed by atoms with van der Waals surface area (Å²) in [5, 5.41) is 7.18. The largest absolute Gasteiger partial charge is 0.469 e. The zero-order valence-electron chi connectivity index (χ0n) is 9.61. The molecule has 0 aliphatic heterocycles. The average molecular weight is 241 g/mol. The summed E-state index contributed by atoms with van der Waals surface area (Å²) in [5.41, 5.74) is 0.979. The van der Waals surface area contributed by atoms with Gasteiger partial charge in [0.15, 0.2) is 0 Å². The summed E-state index contributed by atoms with van der Waals surface area (Å²) in [5.74, 6) is 0. The van der Waals surface area contributed by atoms with E-state index in [2.05, 4.69) is 24.8 Å². The number of hydrogen-bond acceptors (Lipinski definition) is 1. The van der Waals surface area contributed by atoms with E-state index in [-0.39, 0.29) is 0 Å². The molecule has 0 atom stereocenters. The second kappa shape index (κ2) is 11.5. The molecule has 0 aliphatic rings. The smallest absolute Gasteiger partial charge is 0.401 e. The maximum absolute atomic E-state index is 8.77. The zero-order valence-corrected chi connectivity index (χ0v) is 10.4. The highest BCUT2D eigenvalue weighted by molar-refractivity contribution is 6.60. The second-order valence-corrected chi connectivity index (χ2v) is 3.40. The highest BCUT2D eigenvalue weighted by Gasteiger charge is 1.75. The van der Waals surface area contributed by atoms with Gasteiger partial charge in [-0.2, -0.15) is 0 Å². The van der Waals surface area contributed by atoms with Crippen LogP contribution >= 0.6 is 11.6 Å². The Morgan fingerprint density at radius 3 is 1.81 bits per heavy atom. The molecule has 1 N–H and O–H groups in total. The Kier molecular flexibility index (Phi) is 12.2. The van der Waals surface area contributed by atoms with Crippen LogP contribution in [0.2, 0.25) is 0 Å². The lowest BCUT2D eigenvalue weighted by molar-refractivity contribution is 0.220. The summed E-state index contributed by atoms with van der Waals surface area (Å²) >= 11 is 4.19. The number of carboxylic acid groups (broad SMARTS) is 1. The van der Waals surface area contributed by atoms with Gasteiger partial charge in [0.05, 0.1) is 0 Å². The van der Waals surface area contributed by atoms with Crippen LogP contribution < -0.4 is 0 Å². The van der Waals surface area contributed by atoms with E-state index in [0.717, 1.165) is 0 Å². The Balaban J connectivity index is 0. The standard InChI is InChI=1S/C8H8.C4H8.CHClO2/c1-2-8-6-4-3-5-7-8;1-4(2)3;2-1(3)4/h2-7H,1H2;1H2,2-3H3;(H,3,4). The Morgan fingerprint density at radius 1 is 1.31 bits per heavy atom. The molecule has 1 rings (SSSR count). The van der Waals surface area contributed by atoms with Gasteiger partial charge < -0.3 is 5.11 Å². The number of allylic oxidation sites excluding steroid dienone is 1. The molecule has 0 saturated heterocycles. The molecule has 1 aromatic rings. The van der Waals surface area contributed by atoms with Gasteiger partial charge in [0.25, 0.3) is 0 Å². The molecule has 0 spiro atoms. The Hall–Kier alpha value is -1.54. The van der Waals surface area contributed by atoms with Crippen molar-refractivity contribution < 1.29 is 9.90 Å². The van der Waals surface area contributed by atoms with Crippen LogP contribution in [0, 0.1) is 0 Å². The molecule has 88 valence electrons. The SMILES string of the molecule is C=C(C)C.C=Cc1ccccc1.O=C(O)Cl. The van der Waals surface area contributed by atoms with Crippen molar-refractivity contribution in [2.75, 3.05) is 0 Å². The van der Waals surface area contributed by atoms with Crippen LogP contribution in [-0.2, 0) is 0 Å². The third kappa shape index (κ3) is 22.9. The van der Waals surface area contributed by atoms with E-state index < -0.39 is 5.43 Å². The maximum Gasteiger partial charge on any atom is 0.401 e. The first-order valence-corrected chi connectivity index (χ1v) is 4.96. The van der Waals surface area contributed by atoms with E-state index >= 15 is 0 Å². The molecule has 0 saturated carbocycles. The lowest BCUT2D eigenvalue weighted by atomic mass is 10.2. The quantitative estimate of drug-likeness (QED) is 0.565. The fourth-order valence-corrected chi connectivity index (χ4v) is 0.589. The maximum atomic E-state index is 8.77. The minimum atomic E-state index is -1.36. The van der Waals surface area contributed by atoms with E-state index in [0.29, 0.717) is 0 Å². The molecule has 1 aromatic carbocycles. The highest BCUT2D eigenvalue weighted by Crippen LogP contribution is 1.97. The summed E-state index contributed by atoms with van der Waals surface area (Å²) in [6.07, 6.45) is 1.83. The van der Waals surface area contributed by atoms with Gasteiger partial charge in [-0.3, -0.25) is 0 Å². The van der Waals surface area contributed by atoms with Crippen molar-refractivity contribution in [2.24, 2.45) is 0 Å². The van der Waals surface area contributed by atoms with Crippen LogP contribution in [0.4, 0.5) is 4.79 Å². The van der Waals surface area contributed by atoms with Gasteiger partial charge in [-0.25, -0.2) is 4.79 Å². The van der Waals surface area contributed by atoms with Crippen LogP contribution in [0.15, 0.2) is 49.1 Å². The fraction of sp³-hybridized carbons (Fsp3) is 0.154. The third-order valence-corrected chi connectivity index (χ3v) is 1.04.